The van der Waals surface area contributed by atoms with Gasteiger partial charge in [0.15, 0.2) is 0 Å². The summed E-state index contributed by atoms with van der Waals surface area (Å²) in [5.41, 5.74) is 3.07. The lowest BCUT2D eigenvalue weighted by Crippen LogP contribution is -2.50. The minimum Gasteiger partial charge on any atom is -0.363 e. The molecule has 2 aliphatic heterocycles. The molecule has 146 valence electrons. The molecule has 2 aromatic carbocycles. The molecule has 0 saturated carbocycles. The van der Waals surface area contributed by atoms with Gasteiger partial charge in [-0.15, -0.1) is 0 Å². The zero-order valence-corrected chi connectivity index (χ0v) is 15.8. The van der Waals surface area contributed by atoms with Gasteiger partial charge in [-0.05, 0) is 30.5 Å². The summed E-state index contributed by atoms with van der Waals surface area (Å²) in [6.45, 7) is 3.94. The predicted molar refractivity (Wildman–Crippen MR) is 109 cm³/mol. The van der Waals surface area contributed by atoms with E-state index in [0.717, 1.165) is 25.1 Å². The molecule has 7 heteroatoms. The molecule has 0 atom stereocenters. The Morgan fingerprint density at radius 1 is 0.929 bits per heavy atom. The first-order valence-electron chi connectivity index (χ1n) is 9.72. The summed E-state index contributed by atoms with van der Waals surface area (Å²) in [4.78, 5) is 29.9. The van der Waals surface area contributed by atoms with E-state index in [-0.39, 0.29) is 16.5 Å². The second kappa shape index (κ2) is 7.98. The van der Waals surface area contributed by atoms with Crippen molar-refractivity contribution in [1.29, 1.82) is 0 Å². The van der Waals surface area contributed by atoms with Crippen molar-refractivity contribution in [2.24, 2.45) is 0 Å². The second-order valence-corrected chi connectivity index (χ2v) is 7.29. The molecule has 2 aliphatic rings. The van der Waals surface area contributed by atoms with Gasteiger partial charge < -0.3 is 9.80 Å². The SMILES string of the molecule is O=C(CN1CCN(c2ccccc2[N+](=O)[O-])CC1)N1CCCc2ccccc21. The number of nitrogens with zero attached hydrogens (tertiary/aromatic N) is 4. The van der Waals surface area contributed by atoms with Crippen LogP contribution in [0.3, 0.4) is 0 Å². The average Bonchev–Trinajstić information content (AvgIpc) is 2.74. The first kappa shape index (κ1) is 18.4. The molecule has 0 bridgehead atoms. The van der Waals surface area contributed by atoms with Crippen molar-refractivity contribution in [2.75, 3.05) is 49.1 Å². The number of rotatable bonds is 4. The molecule has 0 N–H and O–H groups in total. The van der Waals surface area contributed by atoms with Gasteiger partial charge in [-0.1, -0.05) is 30.3 Å². The topological polar surface area (TPSA) is 69.9 Å². The Morgan fingerprint density at radius 2 is 1.61 bits per heavy atom. The molecular weight excluding hydrogens is 356 g/mol. The van der Waals surface area contributed by atoms with Crippen LogP contribution in [0, 0.1) is 10.1 Å². The van der Waals surface area contributed by atoms with Crippen LogP contribution in [0.15, 0.2) is 48.5 Å². The molecule has 2 aromatic rings. The summed E-state index contributed by atoms with van der Waals surface area (Å²) in [5, 5.41) is 11.3. The molecule has 7 nitrogen and oxygen atoms in total. The highest BCUT2D eigenvalue weighted by atomic mass is 16.6. The number of anilines is 2. The number of carbonyl (C=O) groups is 1. The summed E-state index contributed by atoms with van der Waals surface area (Å²) in [5.74, 6) is 0.131. The van der Waals surface area contributed by atoms with Crippen LogP contribution in [0.1, 0.15) is 12.0 Å². The maximum Gasteiger partial charge on any atom is 0.292 e. The Labute approximate surface area is 164 Å². The molecule has 1 fully saturated rings. The standard InChI is InChI=1S/C21H24N4O3/c26-21(24-11-5-7-17-6-1-2-8-18(17)24)16-22-12-14-23(15-13-22)19-9-3-4-10-20(19)25(27)28/h1-4,6,8-10H,5,7,11-16H2. The minimum atomic E-state index is -0.334. The van der Waals surface area contributed by atoms with E-state index in [0.29, 0.717) is 38.4 Å². The summed E-state index contributed by atoms with van der Waals surface area (Å²) in [7, 11) is 0. The van der Waals surface area contributed by atoms with Crippen molar-refractivity contribution in [3.8, 4) is 0 Å². The number of benzene rings is 2. The van der Waals surface area contributed by atoms with Crippen molar-refractivity contribution in [3.63, 3.8) is 0 Å². The zero-order chi connectivity index (χ0) is 19.5. The number of nitro groups is 1. The normalized spacial score (nSPS) is 17.3. The molecular formula is C21H24N4O3. The van der Waals surface area contributed by atoms with E-state index in [2.05, 4.69) is 11.0 Å². The van der Waals surface area contributed by atoms with Gasteiger partial charge in [0, 0.05) is 44.5 Å². The highest BCUT2D eigenvalue weighted by molar-refractivity contribution is 5.96. The molecule has 0 aliphatic carbocycles. The van der Waals surface area contributed by atoms with E-state index in [9.17, 15) is 14.9 Å². The fourth-order valence-corrected chi connectivity index (χ4v) is 4.10. The van der Waals surface area contributed by atoms with Crippen molar-refractivity contribution in [1.82, 2.24) is 4.90 Å². The Morgan fingerprint density at radius 3 is 2.36 bits per heavy atom. The van der Waals surface area contributed by atoms with Gasteiger partial charge in [0.05, 0.1) is 11.5 Å². The Balaban J connectivity index is 1.38. The number of hydrogen-bond acceptors (Lipinski definition) is 5. The number of fused-ring (bicyclic) bond motifs is 1. The van der Waals surface area contributed by atoms with Gasteiger partial charge in [0.1, 0.15) is 5.69 Å². The van der Waals surface area contributed by atoms with Crippen molar-refractivity contribution < 1.29 is 9.72 Å². The maximum absolute atomic E-state index is 12.9. The zero-order valence-electron chi connectivity index (χ0n) is 15.8. The molecule has 0 unspecified atom stereocenters. The molecule has 0 aromatic heterocycles. The minimum absolute atomic E-state index is 0.131. The first-order chi connectivity index (χ1) is 13.6. The Hall–Kier alpha value is -2.93. The molecule has 0 radical (unpaired) electrons. The quantitative estimate of drug-likeness (QED) is 0.603. The van der Waals surface area contributed by atoms with E-state index in [1.165, 1.54) is 5.56 Å². The fraction of sp³-hybridized carbons (Fsp3) is 0.381. The number of aryl methyl sites for hydroxylation is 1. The molecule has 1 saturated heterocycles. The maximum atomic E-state index is 12.9. The van der Waals surface area contributed by atoms with Gasteiger partial charge >= 0.3 is 0 Å². The van der Waals surface area contributed by atoms with Crippen LogP contribution < -0.4 is 9.80 Å². The number of amides is 1. The number of carbonyl (C=O) groups excluding carboxylic acids is 1. The predicted octanol–water partition coefficient (Wildman–Crippen LogP) is 2.70. The highest BCUT2D eigenvalue weighted by Crippen LogP contribution is 2.29. The lowest BCUT2D eigenvalue weighted by atomic mass is 10.0. The van der Waals surface area contributed by atoms with E-state index in [1.54, 1.807) is 18.2 Å². The van der Waals surface area contributed by atoms with Gasteiger partial charge in [0.25, 0.3) is 5.69 Å². The molecule has 4 rings (SSSR count). The highest BCUT2D eigenvalue weighted by Gasteiger charge is 2.27. The van der Waals surface area contributed by atoms with Gasteiger partial charge in [-0.2, -0.15) is 0 Å². The first-order valence-corrected chi connectivity index (χ1v) is 9.72. The van der Waals surface area contributed by atoms with Crippen LogP contribution in [0.5, 0.6) is 0 Å². The van der Waals surface area contributed by atoms with E-state index < -0.39 is 0 Å². The molecule has 2 heterocycles. The summed E-state index contributed by atoms with van der Waals surface area (Å²) in [6.07, 6.45) is 2.02. The van der Waals surface area contributed by atoms with Crippen LogP contribution in [0.2, 0.25) is 0 Å². The van der Waals surface area contributed by atoms with Gasteiger partial charge in [0.2, 0.25) is 5.91 Å². The summed E-state index contributed by atoms with van der Waals surface area (Å²) >= 11 is 0. The van der Waals surface area contributed by atoms with Crippen LogP contribution >= 0.6 is 0 Å². The number of para-hydroxylation sites is 3. The van der Waals surface area contributed by atoms with Crippen LogP contribution in [-0.2, 0) is 11.2 Å². The monoisotopic (exact) mass is 380 g/mol. The summed E-state index contributed by atoms with van der Waals surface area (Å²) in [6, 6.07) is 15.0. The van der Waals surface area contributed by atoms with Gasteiger partial charge in [-0.3, -0.25) is 19.8 Å². The largest absolute Gasteiger partial charge is 0.363 e. The lowest BCUT2D eigenvalue weighted by molar-refractivity contribution is -0.384. The lowest BCUT2D eigenvalue weighted by Gasteiger charge is -2.37. The second-order valence-electron chi connectivity index (χ2n) is 7.29. The van der Waals surface area contributed by atoms with Crippen LogP contribution in [-0.4, -0.2) is 55.0 Å². The van der Waals surface area contributed by atoms with Crippen LogP contribution in [0.25, 0.3) is 0 Å². The third-order valence-electron chi connectivity index (χ3n) is 5.56. The summed E-state index contributed by atoms with van der Waals surface area (Å²) < 4.78 is 0. The molecule has 0 spiro atoms. The smallest absolute Gasteiger partial charge is 0.292 e. The van der Waals surface area contributed by atoms with E-state index in [4.69, 9.17) is 0 Å². The Bertz CT molecular complexity index is 877. The third-order valence-corrected chi connectivity index (χ3v) is 5.56. The fourth-order valence-electron chi connectivity index (χ4n) is 4.10. The number of nitro benzene ring substituents is 1. The Kier molecular flexibility index (Phi) is 5.25. The molecule has 28 heavy (non-hydrogen) atoms. The van der Waals surface area contributed by atoms with Crippen molar-refractivity contribution in [3.05, 3.63) is 64.2 Å². The van der Waals surface area contributed by atoms with Crippen molar-refractivity contribution in [2.45, 2.75) is 12.8 Å². The average molecular weight is 380 g/mol. The number of piperazine rings is 1. The van der Waals surface area contributed by atoms with E-state index >= 15 is 0 Å². The number of hydrogen-bond donors (Lipinski definition) is 0. The van der Waals surface area contributed by atoms with Gasteiger partial charge in [-0.25, -0.2) is 0 Å². The van der Waals surface area contributed by atoms with Crippen LogP contribution in [0.4, 0.5) is 17.1 Å². The third kappa shape index (κ3) is 3.71. The molecule has 1 amide bonds. The van der Waals surface area contributed by atoms with E-state index in [1.807, 2.05) is 34.1 Å². The van der Waals surface area contributed by atoms with Crippen molar-refractivity contribution >= 4 is 23.0 Å².